The van der Waals surface area contributed by atoms with Crippen LogP contribution in [0.25, 0.3) is 11.1 Å². The quantitative estimate of drug-likeness (QED) is 0.490. The van der Waals surface area contributed by atoms with E-state index < -0.39 is 0 Å². The molecular weight excluding hydrogens is 328 g/mol. The minimum Gasteiger partial charge on any atom is -0.479 e. The zero-order valence-corrected chi connectivity index (χ0v) is 13.4. The van der Waals surface area contributed by atoms with Crippen molar-refractivity contribution in [2.24, 2.45) is 0 Å². The maximum atomic E-state index is 10.2. The molecular formula is C18H18BrO2. The molecule has 109 valence electrons. The van der Waals surface area contributed by atoms with E-state index in [1.807, 2.05) is 42.7 Å². The molecule has 2 aromatic rings. The Balaban J connectivity index is 2.02. The fourth-order valence-corrected chi connectivity index (χ4v) is 2.65. The van der Waals surface area contributed by atoms with Gasteiger partial charge in [0.15, 0.2) is 11.3 Å². The molecule has 0 aliphatic carbocycles. The van der Waals surface area contributed by atoms with Crippen molar-refractivity contribution < 1.29 is 9.53 Å². The fraction of sp³-hybridized carbons (Fsp3) is 0.278. The van der Waals surface area contributed by atoms with Crippen LogP contribution in [0.5, 0.6) is 5.75 Å². The van der Waals surface area contributed by atoms with E-state index in [-0.39, 0.29) is 5.01 Å². The van der Waals surface area contributed by atoms with Crippen molar-refractivity contribution in [2.45, 2.75) is 30.7 Å². The lowest BCUT2D eigenvalue weighted by Crippen LogP contribution is -2.08. The summed E-state index contributed by atoms with van der Waals surface area (Å²) in [7, 11) is 0. The third-order valence-corrected chi connectivity index (χ3v) is 3.83. The predicted octanol–water partition coefficient (Wildman–Crippen LogP) is 5.12. The van der Waals surface area contributed by atoms with E-state index in [1.165, 1.54) is 0 Å². The van der Waals surface area contributed by atoms with Gasteiger partial charge in [0.2, 0.25) is 0 Å². The molecule has 2 aromatic carbocycles. The van der Waals surface area contributed by atoms with Crippen molar-refractivity contribution >= 4 is 22.2 Å². The Kier molecular flexibility index (Phi) is 6.48. The van der Waals surface area contributed by atoms with Gasteiger partial charge in [0, 0.05) is 12.0 Å². The van der Waals surface area contributed by atoms with E-state index >= 15 is 0 Å². The molecule has 0 spiro atoms. The van der Waals surface area contributed by atoms with Gasteiger partial charge in [0.1, 0.15) is 5.75 Å². The molecule has 0 N–H and O–H groups in total. The summed E-state index contributed by atoms with van der Waals surface area (Å²) in [4.78, 5) is 10.2. The first-order chi connectivity index (χ1) is 10.3. The van der Waals surface area contributed by atoms with E-state index in [2.05, 4.69) is 34.1 Å². The van der Waals surface area contributed by atoms with Gasteiger partial charge in [-0.05, 0) is 46.8 Å². The van der Waals surface area contributed by atoms with Gasteiger partial charge in [-0.25, -0.2) is 0 Å². The average molecular weight is 346 g/mol. The lowest BCUT2D eigenvalue weighted by molar-refractivity contribution is 0.280. The van der Waals surface area contributed by atoms with Crippen LogP contribution < -0.4 is 4.74 Å². The van der Waals surface area contributed by atoms with Crippen molar-refractivity contribution in [2.75, 3.05) is 0 Å². The van der Waals surface area contributed by atoms with Crippen LogP contribution >= 0.6 is 15.9 Å². The van der Waals surface area contributed by atoms with Crippen LogP contribution in [-0.4, -0.2) is 11.3 Å². The highest BCUT2D eigenvalue weighted by atomic mass is 79.9. The van der Waals surface area contributed by atoms with Gasteiger partial charge in [0.25, 0.3) is 0 Å². The molecule has 0 saturated heterocycles. The first kappa shape index (κ1) is 15.8. The van der Waals surface area contributed by atoms with Gasteiger partial charge in [0.05, 0.1) is 0 Å². The summed E-state index contributed by atoms with van der Waals surface area (Å²) < 4.78 is 6.00. The average Bonchev–Trinajstić information content (AvgIpc) is 2.53. The van der Waals surface area contributed by atoms with Crippen LogP contribution in [0.15, 0.2) is 54.6 Å². The zero-order chi connectivity index (χ0) is 14.9. The summed E-state index contributed by atoms with van der Waals surface area (Å²) in [6.45, 7) is 0. The highest BCUT2D eigenvalue weighted by Crippen LogP contribution is 2.31. The minimum atomic E-state index is -0.0472. The van der Waals surface area contributed by atoms with Gasteiger partial charge in [-0.1, -0.05) is 48.5 Å². The van der Waals surface area contributed by atoms with Gasteiger partial charge in [-0.15, -0.1) is 0 Å². The Bertz CT molecular complexity index is 554. The topological polar surface area (TPSA) is 26.3 Å². The van der Waals surface area contributed by atoms with Crippen molar-refractivity contribution in [3.8, 4) is 16.9 Å². The number of para-hydroxylation sites is 1. The smallest absolute Gasteiger partial charge is 0.198 e. The Morgan fingerprint density at radius 1 is 1.00 bits per heavy atom. The number of rotatable bonds is 8. The molecule has 0 heterocycles. The van der Waals surface area contributed by atoms with Crippen LogP contribution in [0.4, 0.5) is 0 Å². The molecule has 1 radical (unpaired) electrons. The number of carbonyl (C=O) groups excluding carboxylic acids is 1. The molecule has 3 heteroatoms. The highest BCUT2D eigenvalue weighted by molar-refractivity contribution is 9.09. The van der Waals surface area contributed by atoms with Gasteiger partial charge in [-0.3, -0.25) is 4.79 Å². The number of unbranched alkanes of at least 4 members (excludes halogenated alkanes) is 2. The molecule has 0 saturated carbocycles. The number of halogens is 1. The fourth-order valence-electron chi connectivity index (χ4n) is 2.12. The maximum absolute atomic E-state index is 10.2. The number of benzene rings is 2. The molecule has 1 unspecified atom stereocenters. The van der Waals surface area contributed by atoms with E-state index in [9.17, 15) is 4.79 Å². The van der Waals surface area contributed by atoms with Crippen LogP contribution in [0.3, 0.4) is 0 Å². The number of alkyl halides is 1. The van der Waals surface area contributed by atoms with E-state index in [0.717, 1.165) is 36.1 Å². The molecule has 0 bridgehead atoms. The SMILES string of the molecule is O=[C]CCCCC(Br)Oc1ccccc1-c1ccccc1. The maximum Gasteiger partial charge on any atom is 0.198 e. The summed E-state index contributed by atoms with van der Waals surface area (Å²) in [6, 6.07) is 18.2. The number of ether oxygens (including phenoxy) is 1. The van der Waals surface area contributed by atoms with Crippen molar-refractivity contribution in [3.05, 3.63) is 54.6 Å². The molecule has 0 fully saturated rings. The summed E-state index contributed by atoms with van der Waals surface area (Å²) >= 11 is 3.55. The summed E-state index contributed by atoms with van der Waals surface area (Å²) in [6.07, 6.45) is 5.08. The highest BCUT2D eigenvalue weighted by Gasteiger charge is 2.10. The molecule has 2 nitrogen and oxygen atoms in total. The van der Waals surface area contributed by atoms with Gasteiger partial charge >= 0.3 is 0 Å². The minimum absolute atomic E-state index is 0.0472. The van der Waals surface area contributed by atoms with Crippen LogP contribution in [0, 0.1) is 0 Å². The molecule has 21 heavy (non-hydrogen) atoms. The van der Waals surface area contributed by atoms with E-state index in [1.54, 1.807) is 0 Å². The third-order valence-electron chi connectivity index (χ3n) is 3.19. The second kappa shape index (κ2) is 8.63. The molecule has 0 aliphatic rings. The van der Waals surface area contributed by atoms with Gasteiger partial charge < -0.3 is 4.74 Å². The molecule has 0 aromatic heterocycles. The number of hydrogen-bond donors (Lipinski definition) is 0. The Labute approximate surface area is 134 Å². The zero-order valence-electron chi connectivity index (χ0n) is 11.8. The first-order valence-corrected chi connectivity index (χ1v) is 8.03. The predicted molar refractivity (Wildman–Crippen MR) is 89.4 cm³/mol. The monoisotopic (exact) mass is 345 g/mol. The standard InChI is InChI=1S/C18H18BrO2/c19-18(13-5-2-8-14-20)21-17-12-7-6-11-16(17)15-9-3-1-4-10-15/h1,3-4,6-7,9-12,18H,2,5,8,13H2. The largest absolute Gasteiger partial charge is 0.479 e. The first-order valence-electron chi connectivity index (χ1n) is 7.11. The lowest BCUT2D eigenvalue weighted by Gasteiger charge is -2.16. The van der Waals surface area contributed by atoms with Crippen molar-refractivity contribution in [1.29, 1.82) is 0 Å². The molecule has 0 aliphatic heterocycles. The van der Waals surface area contributed by atoms with Gasteiger partial charge in [-0.2, -0.15) is 0 Å². The second-order valence-electron chi connectivity index (χ2n) is 4.78. The van der Waals surface area contributed by atoms with E-state index in [0.29, 0.717) is 6.42 Å². The molecule has 1 atom stereocenters. The Morgan fingerprint density at radius 3 is 2.48 bits per heavy atom. The van der Waals surface area contributed by atoms with Crippen LogP contribution in [-0.2, 0) is 4.79 Å². The van der Waals surface area contributed by atoms with Crippen LogP contribution in [0.1, 0.15) is 25.7 Å². The number of hydrogen-bond acceptors (Lipinski definition) is 2. The van der Waals surface area contributed by atoms with E-state index in [4.69, 9.17) is 4.74 Å². The summed E-state index contributed by atoms with van der Waals surface area (Å²) in [5.74, 6) is 0.868. The molecule has 0 amide bonds. The Morgan fingerprint density at radius 2 is 1.71 bits per heavy atom. The molecule has 2 rings (SSSR count). The lowest BCUT2D eigenvalue weighted by atomic mass is 10.1. The van der Waals surface area contributed by atoms with Crippen molar-refractivity contribution in [3.63, 3.8) is 0 Å². The second-order valence-corrected chi connectivity index (χ2v) is 5.80. The normalized spacial score (nSPS) is 11.9. The summed E-state index contributed by atoms with van der Waals surface area (Å²) in [5.41, 5.74) is 2.23. The third kappa shape index (κ3) is 5.01. The van der Waals surface area contributed by atoms with Crippen molar-refractivity contribution in [1.82, 2.24) is 0 Å². The Hall–Kier alpha value is -1.61. The summed E-state index contributed by atoms with van der Waals surface area (Å²) in [5, 5.41) is -0.0472. The van der Waals surface area contributed by atoms with Crippen LogP contribution in [0.2, 0.25) is 0 Å².